The maximum atomic E-state index is 7.43. The number of nitrogens with one attached hydrogen (secondary N) is 1. The third-order valence-corrected chi connectivity index (χ3v) is 4.78. The highest BCUT2D eigenvalue weighted by Crippen LogP contribution is 2.35. The summed E-state index contributed by atoms with van der Waals surface area (Å²) in [5, 5.41) is 9.62. The Morgan fingerprint density at radius 3 is 2.74 bits per heavy atom. The van der Waals surface area contributed by atoms with E-state index in [4.69, 9.17) is 11.1 Å². The van der Waals surface area contributed by atoms with E-state index in [0.29, 0.717) is 6.04 Å². The highest BCUT2D eigenvalue weighted by Gasteiger charge is 2.24. The fourth-order valence-electron chi connectivity index (χ4n) is 2.69. The number of fused-ring (bicyclic) bond motifs is 1. The first kappa shape index (κ1) is 12.2. The number of nitrogens with two attached hydrogens (primary N) is 1. The number of nitrogen functional groups attached to an aromatic ring is 1. The predicted molar refractivity (Wildman–Crippen MR) is 81.2 cm³/mol. The molecule has 1 atom stereocenters. The molecule has 1 aromatic heterocycles. The molecule has 3 N–H and O–H groups in total. The van der Waals surface area contributed by atoms with Gasteiger partial charge in [-0.2, -0.15) is 0 Å². The average molecular weight is 271 g/mol. The first-order valence-corrected chi connectivity index (χ1v) is 7.32. The van der Waals surface area contributed by atoms with Crippen LogP contribution in [-0.4, -0.2) is 12.4 Å². The van der Waals surface area contributed by atoms with Crippen LogP contribution in [0.3, 0.4) is 0 Å². The number of amidine groups is 1. The second-order valence-electron chi connectivity index (χ2n) is 4.88. The summed E-state index contributed by atoms with van der Waals surface area (Å²) in [4.78, 5) is 3.93. The van der Waals surface area contributed by atoms with Gasteiger partial charge in [0.05, 0.1) is 6.04 Å². The molecular weight excluding hydrogens is 254 g/mol. The van der Waals surface area contributed by atoms with Gasteiger partial charge in [0, 0.05) is 22.7 Å². The van der Waals surface area contributed by atoms with Gasteiger partial charge in [0.15, 0.2) is 0 Å². The van der Waals surface area contributed by atoms with Gasteiger partial charge < -0.3 is 10.6 Å². The molecule has 0 bridgehead atoms. The molecule has 3 rings (SSSR count). The quantitative estimate of drug-likeness (QED) is 0.651. The minimum atomic E-state index is 0.123. The molecule has 0 saturated heterocycles. The summed E-state index contributed by atoms with van der Waals surface area (Å²) >= 11 is 1.86. The molecule has 1 aliphatic rings. The number of rotatable bonds is 2. The van der Waals surface area contributed by atoms with Crippen molar-refractivity contribution in [3.63, 3.8) is 0 Å². The highest BCUT2D eigenvalue weighted by molar-refractivity contribution is 7.10. The minimum absolute atomic E-state index is 0.123. The normalized spacial score (nSPS) is 18.2. The van der Waals surface area contributed by atoms with Crippen LogP contribution in [0.25, 0.3) is 0 Å². The zero-order valence-electron chi connectivity index (χ0n) is 10.9. The van der Waals surface area contributed by atoms with Crippen molar-refractivity contribution in [1.82, 2.24) is 0 Å². The third kappa shape index (κ3) is 2.12. The summed E-state index contributed by atoms with van der Waals surface area (Å²) in [5.74, 6) is 0.123. The lowest BCUT2D eigenvalue weighted by molar-refractivity contribution is 0.633. The topological polar surface area (TPSA) is 53.1 Å². The van der Waals surface area contributed by atoms with Gasteiger partial charge in [0.1, 0.15) is 5.84 Å². The molecule has 0 aliphatic carbocycles. The SMILES string of the molecule is CC1c2ccsc2CCN1c1ccc(C(=N)N)cc1. The van der Waals surface area contributed by atoms with Gasteiger partial charge in [-0.15, -0.1) is 11.3 Å². The van der Waals surface area contributed by atoms with Gasteiger partial charge in [0.25, 0.3) is 0 Å². The van der Waals surface area contributed by atoms with Crippen molar-refractivity contribution in [3.8, 4) is 0 Å². The van der Waals surface area contributed by atoms with Crippen molar-refractivity contribution in [1.29, 1.82) is 5.41 Å². The Morgan fingerprint density at radius 2 is 2.05 bits per heavy atom. The minimum Gasteiger partial charge on any atom is -0.384 e. The van der Waals surface area contributed by atoms with Crippen LogP contribution in [0.2, 0.25) is 0 Å². The fourth-order valence-corrected chi connectivity index (χ4v) is 3.66. The van der Waals surface area contributed by atoms with Gasteiger partial charge in [0.2, 0.25) is 0 Å². The summed E-state index contributed by atoms with van der Waals surface area (Å²) in [7, 11) is 0. The second kappa shape index (κ2) is 4.70. The fraction of sp³-hybridized carbons (Fsp3) is 0.267. The zero-order valence-corrected chi connectivity index (χ0v) is 11.7. The number of hydrogen-bond donors (Lipinski definition) is 2. The highest BCUT2D eigenvalue weighted by atomic mass is 32.1. The van der Waals surface area contributed by atoms with Crippen LogP contribution in [0.15, 0.2) is 35.7 Å². The molecule has 0 spiro atoms. The predicted octanol–water partition coefficient (Wildman–Crippen LogP) is 3.16. The summed E-state index contributed by atoms with van der Waals surface area (Å²) < 4.78 is 0. The van der Waals surface area contributed by atoms with Crippen molar-refractivity contribution in [2.45, 2.75) is 19.4 Å². The molecule has 0 fully saturated rings. The van der Waals surface area contributed by atoms with Crippen molar-refractivity contribution in [3.05, 3.63) is 51.7 Å². The molecule has 3 nitrogen and oxygen atoms in total. The van der Waals surface area contributed by atoms with Gasteiger partial charge in [-0.1, -0.05) is 0 Å². The Bertz CT molecular complexity index is 600. The summed E-state index contributed by atoms with van der Waals surface area (Å²) in [6.07, 6.45) is 1.12. The molecule has 0 amide bonds. The lowest BCUT2D eigenvalue weighted by Crippen LogP contribution is -2.33. The molecule has 2 aromatic rings. The number of benzene rings is 1. The van der Waals surface area contributed by atoms with Gasteiger partial charge in [-0.3, -0.25) is 5.41 Å². The van der Waals surface area contributed by atoms with E-state index < -0.39 is 0 Å². The molecular formula is C15H17N3S. The van der Waals surface area contributed by atoms with Crippen molar-refractivity contribution >= 4 is 22.9 Å². The second-order valence-corrected chi connectivity index (χ2v) is 5.88. The summed E-state index contributed by atoms with van der Waals surface area (Å²) in [5.41, 5.74) is 8.93. The molecule has 0 saturated carbocycles. The van der Waals surface area contributed by atoms with E-state index in [1.54, 1.807) is 0 Å². The van der Waals surface area contributed by atoms with Gasteiger partial charge in [-0.05, 0) is 54.6 Å². The van der Waals surface area contributed by atoms with Crippen LogP contribution in [0, 0.1) is 5.41 Å². The number of thiophene rings is 1. The van der Waals surface area contributed by atoms with Crippen LogP contribution in [0.4, 0.5) is 5.69 Å². The largest absolute Gasteiger partial charge is 0.384 e. The van der Waals surface area contributed by atoms with Crippen LogP contribution < -0.4 is 10.6 Å². The van der Waals surface area contributed by atoms with E-state index in [1.165, 1.54) is 16.1 Å². The Kier molecular flexibility index (Phi) is 3.03. The molecule has 1 aromatic carbocycles. The number of hydrogen-bond acceptors (Lipinski definition) is 3. The van der Waals surface area contributed by atoms with E-state index >= 15 is 0 Å². The first-order valence-electron chi connectivity index (χ1n) is 6.44. The lowest BCUT2D eigenvalue weighted by atomic mass is 10.0. The first-order chi connectivity index (χ1) is 9.16. The average Bonchev–Trinajstić information content (AvgIpc) is 2.88. The molecule has 1 aliphatic heterocycles. The lowest BCUT2D eigenvalue weighted by Gasteiger charge is -2.35. The maximum Gasteiger partial charge on any atom is 0.122 e. The van der Waals surface area contributed by atoms with Crippen LogP contribution in [-0.2, 0) is 6.42 Å². The van der Waals surface area contributed by atoms with Crippen molar-refractivity contribution < 1.29 is 0 Å². The smallest absolute Gasteiger partial charge is 0.122 e. The van der Waals surface area contributed by atoms with Crippen molar-refractivity contribution in [2.24, 2.45) is 5.73 Å². The van der Waals surface area contributed by atoms with Crippen LogP contribution >= 0.6 is 11.3 Å². The van der Waals surface area contributed by atoms with Crippen LogP contribution in [0.1, 0.15) is 29.0 Å². The van der Waals surface area contributed by atoms with E-state index in [0.717, 1.165) is 18.5 Å². The Labute approximate surface area is 117 Å². The standard InChI is InChI=1S/C15H17N3S/c1-10-13-7-9-19-14(13)6-8-18(10)12-4-2-11(3-5-12)15(16)17/h2-5,7,9-10H,6,8H2,1H3,(H3,16,17). The van der Waals surface area contributed by atoms with E-state index in [1.807, 2.05) is 23.5 Å². The molecule has 1 unspecified atom stereocenters. The van der Waals surface area contributed by atoms with Crippen molar-refractivity contribution in [2.75, 3.05) is 11.4 Å². The number of anilines is 1. The van der Waals surface area contributed by atoms with E-state index in [-0.39, 0.29) is 5.84 Å². The van der Waals surface area contributed by atoms with E-state index in [9.17, 15) is 0 Å². The number of nitrogens with zero attached hydrogens (tertiary/aromatic N) is 1. The monoisotopic (exact) mass is 271 g/mol. The Balaban J connectivity index is 1.89. The Hall–Kier alpha value is -1.81. The molecule has 4 heteroatoms. The van der Waals surface area contributed by atoms with Gasteiger partial charge >= 0.3 is 0 Å². The summed E-state index contributed by atoms with van der Waals surface area (Å²) in [6, 6.07) is 10.6. The molecule has 2 heterocycles. The summed E-state index contributed by atoms with van der Waals surface area (Å²) in [6.45, 7) is 3.30. The molecule has 0 radical (unpaired) electrons. The molecule has 98 valence electrons. The molecule has 19 heavy (non-hydrogen) atoms. The zero-order chi connectivity index (χ0) is 13.4. The Morgan fingerprint density at radius 1 is 1.32 bits per heavy atom. The van der Waals surface area contributed by atoms with Gasteiger partial charge in [-0.25, -0.2) is 0 Å². The third-order valence-electron chi connectivity index (χ3n) is 3.79. The van der Waals surface area contributed by atoms with E-state index in [2.05, 4.69) is 35.4 Å². The maximum absolute atomic E-state index is 7.43. The van der Waals surface area contributed by atoms with Crippen LogP contribution in [0.5, 0.6) is 0 Å².